The van der Waals surface area contributed by atoms with Gasteiger partial charge in [-0.3, -0.25) is 0 Å². The normalized spacial score (nSPS) is 14.6. The quantitative estimate of drug-likeness (QED) is 0.0591. The molecule has 2 unspecified atom stereocenters. The lowest BCUT2D eigenvalue weighted by molar-refractivity contribution is -0.704. The fraction of sp³-hybridized carbons (Fsp3) is 0.290. The Morgan fingerprint density at radius 1 is 0.395 bits per heavy atom. The molecule has 0 N–H and O–H groups in total. The standard InChI is InChI=1S/C62H66N4O4S2.4HI/c1-5-33-63-37-13-9-25-53(63)49-43-51(55-27-11-15-39-65(55)35-7-3)61-57(31-29-45-21-19-23-47(49)59(45)61)71(67,68)41-17-18-42-72(69,70)58-32-30-46-22-20-24-48-50(54-26-10-14-38-64(54)34-6-2)44-52(62(58)60(46)48)56-28-12-16-40-66(56)36-8-4;;;;/h9-16,19-32,37-40,43-44,49-50H,5-8,17-18,33-36,41-42H2,1-4H3;4*1H/q+4;;;;/p-4. The van der Waals surface area contributed by atoms with Crippen LogP contribution in [0.5, 0.6) is 0 Å². The molecule has 2 atom stereocenters. The molecule has 0 amide bonds. The Morgan fingerprint density at radius 2 is 0.750 bits per heavy atom. The number of pyridine rings is 4. The highest BCUT2D eigenvalue weighted by molar-refractivity contribution is 7.92. The van der Waals surface area contributed by atoms with Gasteiger partial charge in [-0.1, -0.05) is 101 Å². The number of unbranched alkanes of at least 4 members (excludes halogenated alkanes) is 1. The van der Waals surface area contributed by atoms with E-state index in [0.717, 1.165) is 130 Å². The number of allylic oxidation sites excluding steroid dienone is 2. The summed E-state index contributed by atoms with van der Waals surface area (Å²) in [6, 6.07) is 45.1. The first-order valence-corrected chi connectivity index (χ1v) is 29.3. The molecule has 2 aliphatic rings. The Bertz CT molecular complexity index is 3440. The average molecular weight is 1500 g/mol. The van der Waals surface area contributed by atoms with Crippen LogP contribution < -0.4 is 114 Å². The number of halogens is 4. The molecule has 4 heterocycles. The number of rotatable bonds is 19. The van der Waals surface area contributed by atoms with Gasteiger partial charge in [-0.25, -0.2) is 26.0 Å². The maximum absolute atomic E-state index is 15.1. The van der Waals surface area contributed by atoms with Gasteiger partial charge < -0.3 is 95.9 Å². The van der Waals surface area contributed by atoms with Crippen LogP contribution in [0.2, 0.25) is 0 Å². The maximum atomic E-state index is 15.1. The molecule has 10 rings (SSSR count). The highest BCUT2D eigenvalue weighted by Gasteiger charge is 2.38. The van der Waals surface area contributed by atoms with E-state index < -0.39 is 19.7 Å². The number of benzene rings is 4. The lowest BCUT2D eigenvalue weighted by Crippen LogP contribution is -3.00. The van der Waals surface area contributed by atoms with Gasteiger partial charge in [-0.15, -0.1) is 0 Å². The Hall–Kier alpha value is -3.70. The van der Waals surface area contributed by atoms with Crippen molar-refractivity contribution in [3.05, 3.63) is 215 Å². The molecular formula is C62H66I4N4O4S2. The van der Waals surface area contributed by atoms with Gasteiger partial charge in [-0.05, 0) is 69.8 Å². The molecule has 4 aromatic carbocycles. The molecule has 0 radical (unpaired) electrons. The predicted octanol–water partition coefficient (Wildman–Crippen LogP) is -1.02. The molecule has 0 aliphatic heterocycles. The summed E-state index contributed by atoms with van der Waals surface area (Å²) in [7, 11) is -7.84. The fourth-order valence-corrected chi connectivity index (χ4v) is 14.7. The second kappa shape index (κ2) is 27.0. The van der Waals surface area contributed by atoms with Gasteiger partial charge in [0.05, 0.1) is 44.3 Å². The smallest absolute Gasteiger partial charge is 0.212 e. The van der Waals surface area contributed by atoms with Crippen LogP contribution in [0.4, 0.5) is 0 Å². The molecule has 8 nitrogen and oxygen atoms in total. The van der Waals surface area contributed by atoms with Crippen molar-refractivity contribution in [3.63, 3.8) is 0 Å². The summed E-state index contributed by atoms with van der Waals surface area (Å²) in [4.78, 5) is 0.572. The van der Waals surface area contributed by atoms with Gasteiger partial charge >= 0.3 is 0 Å². The molecule has 8 aromatic rings. The van der Waals surface area contributed by atoms with E-state index in [1.165, 1.54) is 0 Å². The van der Waals surface area contributed by atoms with Gasteiger partial charge in [0.2, 0.25) is 11.4 Å². The van der Waals surface area contributed by atoms with Crippen LogP contribution in [0.3, 0.4) is 0 Å². The van der Waals surface area contributed by atoms with Gasteiger partial charge in [0.1, 0.15) is 26.2 Å². The maximum Gasteiger partial charge on any atom is 0.212 e. The zero-order valence-corrected chi connectivity index (χ0v) is 53.8. The van der Waals surface area contributed by atoms with Gasteiger partial charge in [-0.2, -0.15) is 9.13 Å². The lowest BCUT2D eigenvalue weighted by Gasteiger charge is -2.26. The van der Waals surface area contributed by atoms with Crippen molar-refractivity contribution < 1.29 is 131 Å². The van der Waals surface area contributed by atoms with Crippen molar-refractivity contribution >= 4 is 52.4 Å². The van der Waals surface area contributed by atoms with Crippen LogP contribution >= 0.6 is 0 Å². The van der Waals surface area contributed by atoms with E-state index in [4.69, 9.17) is 0 Å². The minimum Gasteiger partial charge on any atom is -1.00 e. The monoisotopic (exact) mass is 1500 g/mol. The molecule has 0 bridgehead atoms. The number of aromatic nitrogens is 4. The fourth-order valence-electron chi connectivity index (χ4n) is 11.5. The number of hydrogen-bond donors (Lipinski definition) is 0. The number of sulfone groups is 2. The summed E-state index contributed by atoms with van der Waals surface area (Å²) < 4.78 is 69.3. The summed E-state index contributed by atoms with van der Waals surface area (Å²) >= 11 is 0. The minimum absolute atomic E-state index is 0. The topological polar surface area (TPSA) is 83.8 Å². The van der Waals surface area contributed by atoms with Crippen molar-refractivity contribution in [1.29, 1.82) is 0 Å². The second-order valence-electron chi connectivity index (χ2n) is 19.4. The van der Waals surface area contributed by atoms with Crippen LogP contribution in [0, 0.1) is 0 Å². The summed E-state index contributed by atoms with van der Waals surface area (Å²) in [5.41, 5.74) is 9.63. The lowest BCUT2D eigenvalue weighted by atomic mass is 9.79. The van der Waals surface area contributed by atoms with Crippen molar-refractivity contribution in [2.75, 3.05) is 11.5 Å². The first kappa shape index (κ1) is 61.5. The van der Waals surface area contributed by atoms with Crippen LogP contribution in [0.1, 0.15) is 123 Å². The molecular weight excluding hydrogens is 1440 g/mol. The van der Waals surface area contributed by atoms with Crippen LogP contribution in [0.25, 0.3) is 32.7 Å². The van der Waals surface area contributed by atoms with Crippen LogP contribution in [-0.2, 0) is 45.9 Å². The molecule has 14 heteroatoms. The molecule has 0 saturated heterocycles. The van der Waals surface area contributed by atoms with Crippen molar-refractivity contribution in [2.45, 2.75) is 114 Å². The van der Waals surface area contributed by atoms with E-state index in [-0.39, 0.29) is 142 Å². The van der Waals surface area contributed by atoms with Gasteiger partial charge in [0.15, 0.2) is 55.8 Å². The predicted molar refractivity (Wildman–Crippen MR) is 287 cm³/mol. The number of nitrogens with zero attached hydrogens (tertiary/aromatic N) is 4. The summed E-state index contributed by atoms with van der Waals surface area (Å²) in [5.74, 6) is -0.601. The summed E-state index contributed by atoms with van der Waals surface area (Å²) in [6.45, 7) is 12.0. The highest BCUT2D eigenvalue weighted by atomic mass is 127. The van der Waals surface area contributed by atoms with E-state index in [9.17, 15) is 0 Å². The molecule has 0 saturated carbocycles. The molecule has 4 aromatic heterocycles. The SMILES string of the molecule is CCC[n+]1ccccc1C1=CC(c2cccc[n+]2CCC)c2cccc3ccc(S(=O)(=O)CCCCS(=O)(=O)c4ccc5cccc6c5c4C(c4cccc[n+]4CCC)=CC6c4cccc[n+]4CCC)c1c23.[I-].[I-].[I-].[I-]. The first-order valence-electron chi connectivity index (χ1n) is 26.0. The van der Waals surface area contributed by atoms with E-state index in [1.807, 2.05) is 36.4 Å². The third kappa shape index (κ3) is 12.1. The average Bonchev–Trinajstić information content (AvgIpc) is 3.39. The van der Waals surface area contributed by atoms with E-state index in [0.29, 0.717) is 0 Å². The molecule has 0 spiro atoms. The molecule has 398 valence electrons. The van der Waals surface area contributed by atoms with Crippen molar-refractivity contribution in [2.24, 2.45) is 0 Å². The zero-order valence-electron chi connectivity index (χ0n) is 43.6. The Kier molecular flexibility index (Phi) is 21.8. The largest absolute Gasteiger partial charge is 1.00 e. The van der Waals surface area contributed by atoms with Crippen molar-refractivity contribution in [3.8, 4) is 0 Å². The molecule has 76 heavy (non-hydrogen) atoms. The van der Waals surface area contributed by atoms with Gasteiger partial charge in [0.25, 0.3) is 0 Å². The Morgan fingerprint density at radius 3 is 1.13 bits per heavy atom. The van der Waals surface area contributed by atoms with Crippen LogP contribution in [0.15, 0.2) is 180 Å². The Labute approximate surface area is 518 Å². The van der Waals surface area contributed by atoms with Crippen molar-refractivity contribution in [1.82, 2.24) is 0 Å². The van der Waals surface area contributed by atoms with E-state index >= 15 is 16.8 Å². The minimum atomic E-state index is -3.92. The Balaban J connectivity index is 0.00000234. The number of hydrogen-bond acceptors (Lipinski definition) is 4. The molecule has 0 fully saturated rings. The van der Waals surface area contributed by atoms with E-state index in [2.05, 4.69) is 168 Å². The summed E-state index contributed by atoms with van der Waals surface area (Å²) in [5, 5.41) is 3.87. The number of aryl methyl sites for hydroxylation is 4. The summed E-state index contributed by atoms with van der Waals surface area (Å²) in [6.07, 6.45) is 17.2. The van der Waals surface area contributed by atoms with E-state index in [1.54, 1.807) is 12.1 Å². The highest BCUT2D eigenvalue weighted by Crippen LogP contribution is 2.47. The zero-order chi connectivity index (χ0) is 50.0. The third-order valence-electron chi connectivity index (χ3n) is 14.6. The van der Waals surface area contributed by atoms with Gasteiger partial charge in [0, 0.05) is 85.3 Å². The molecule has 2 aliphatic carbocycles. The third-order valence-corrected chi connectivity index (χ3v) is 18.3. The first-order chi connectivity index (χ1) is 35.1. The second-order valence-corrected chi connectivity index (χ2v) is 23.6. The van der Waals surface area contributed by atoms with Crippen LogP contribution in [-0.4, -0.2) is 28.3 Å².